The van der Waals surface area contributed by atoms with Crippen LogP contribution in [0.5, 0.6) is 11.5 Å². The first-order valence-electron chi connectivity index (χ1n) is 11.4. The van der Waals surface area contributed by atoms with E-state index in [-0.39, 0.29) is 27.5 Å². The molecule has 6 rings (SSSR count). The zero-order valence-corrected chi connectivity index (χ0v) is 20.2. The van der Waals surface area contributed by atoms with Crippen molar-refractivity contribution in [3.63, 3.8) is 0 Å². The monoisotopic (exact) mass is 503 g/mol. The van der Waals surface area contributed by atoms with Crippen molar-refractivity contribution in [2.24, 2.45) is 23.2 Å². The van der Waals surface area contributed by atoms with Crippen molar-refractivity contribution in [1.29, 1.82) is 0 Å². The molecule has 11 heteroatoms. The number of hydrazine groups is 1. The number of carbonyl (C=O) groups is 2. The molecule has 4 bridgehead atoms. The van der Waals surface area contributed by atoms with Gasteiger partial charge in [0, 0.05) is 6.07 Å². The summed E-state index contributed by atoms with van der Waals surface area (Å²) in [5.74, 6) is 0.534. The van der Waals surface area contributed by atoms with E-state index in [4.69, 9.17) is 17.0 Å². The number of aromatic hydroxyl groups is 1. The topological polar surface area (TPSA) is 122 Å². The zero-order valence-electron chi connectivity index (χ0n) is 18.6. The molecule has 0 unspecified atom stereocenters. The van der Waals surface area contributed by atoms with E-state index < -0.39 is 27.7 Å². The van der Waals surface area contributed by atoms with Crippen molar-refractivity contribution in [3.8, 4) is 11.5 Å². The summed E-state index contributed by atoms with van der Waals surface area (Å²) < 4.78 is 5.50. The standard InChI is InChI=1S/C23H25N3O6S2/c1-2-32-17-7-12(6-16(19(17)27)26(30)31)8-18-20(28)25(22(33)34-18)24-21(29)23-9-13-3-14(10-23)5-15(4-13)11-23/h6-8,13-15,27H,2-5,9-11H2,1H3,(H,24,29)/b18-8-. The highest BCUT2D eigenvalue weighted by atomic mass is 32.2. The molecule has 2 N–H and O–H groups in total. The molecule has 1 aliphatic heterocycles. The van der Waals surface area contributed by atoms with Gasteiger partial charge in [0.2, 0.25) is 11.7 Å². The number of thioether (sulfide) groups is 1. The third-order valence-electron chi connectivity index (χ3n) is 7.40. The first-order valence-corrected chi connectivity index (χ1v) is 12.6. The van der Waals surface area contributed by atoms with Crippen molar-refractivity contribution >= 4 is 51.9 Å². The maximum atomic E-state index is 13.4. The summed E-state index contributed by atoms with van der Waals surface area (Å²) in [6.45, 7) is 1.89. The van der Waals surface area contributed by atoms with Crippen molar-refractivity contribution < 1.29 is 24.4 Å². The van der Waals surface area contributed by atoms with Gasteiger partial charge in [0.15, 0.2) is 10.1 Å². The zero-order chi connectivity index (χ0) is 24.2. The van der Waals surface area contributed by atoms with E-state index in [1.165, 1.54) is 37.5 Å². The van der Waals surface area contributed by atoms with E-state index in [0.29, 0.717) is 23.3 Å². The number of thiocarbonyl (C=S) groups is 1. The number of nitrogens with one attached hydrogen (secondary N) is 1. The average molecular weight is 504 g/mol. The third-order valence-corrected chi connectivity index (χ3v) is 8.70. The van der Waals surface area contributed by atoms with E-state index in [9.17, 15) is 24.8 Å². The first kappa shape index (κ1) is 23.1. The second-order valence-electron chi connectivity index (χ2n) is 9.73. The Labute approximate surface area is 206 Å². The van der Waals surface area contributed by atoms with Crippen LogP contribution in [0.25, 0.3) is 6.08 Å². The molecule has 2 amide bonds. The fourth-order valence-electron chi connectivity index (χ4n) is 6.43. The van der Waals surface area contributed by atoms with Crippen molar-refractivity contribution in [2.45, 2.75) is 45.4 Å². The van der Waals surface area contributed by atoms with Crippen LogP contribution in [0.3, 0.4) is 0 Å². The number of nitro groups is 1. The van der Waals surface area contributed by atoms with Gasteiger partial charge in [-0.25, -0.2) is 0 Å². The van der Waals surface area contributed by atoms with Crippen molar-refractivity contribution in [3.05, 3.63) is 32.7 Å². The molecule has 1 aromatic carbocycles. The highest BCUT2D eigenvalue weighted by Gasteiger charge is 2.55. The van der Waals surface area contributed by atoms with Crippen LogP contribution >= 0.6 is 24.0 Å². The Morgan fingerprint density at radius 1 is 1.32 bits per heavy atom. The molecule has 0 radical (unpaired) electrons. The smallest absolute Gasteiger partial charge is 0.315 e. The maximum Gasteiger partial charge on any atom is 0.315 e. The molecule has 0 aromatic heterocycles. The molecule has 1 heterocycles. The summed E-state index contributed by atoms with van der Waals surface area (Å²) in [6.07, 6.45) is 7.67. The first-order chi connectivity index (χ1) is 16.2. The van der Waals surface area contributed by atoms with Gasteiger partial charge in [0.25, 0.3) is 5.91 Å². The lowest BCUT2D eigenvalue weighted by Gasteiger charge is -2.55. The highest BCUT2D eigenvalue weighted by Crippen LogP contribution is 2.60. The molecule has 5 aliphatic rings. The van der Waals surface area contributed by atoms with Crippen LogP contribution in [0.2, 0.25) is 0 Å². The molecule has 180 valence electrons. The SMILES string of the molecule is CCOc1cc(/C=C2\SC(=S)N(NC(=O)C34CC5CC(CC(C5)C3)C4)C2=O)cc([N+](=O)[O-])c1O. The Balaban J connectivity index is 1.37. The van der Waals surface area contributed by atoms with Crippen LogP contribution in [-0.2, 0) is 9.59 Å². The largest absolute Gasteiger partial charge is 0.500 e. The maximum absolute atomic E-state index is 13.4. The van der Waals surface area contributed by atoms with E-state index in [0.717, 1.165) is 36.0 Å². The van der Waals surface area contributed by atoms with Gasteiger partial charge >= 0.3 is 5.69 Å². The van der Waals surface area contributed by atoms with E-state index in [1.807, 2.05) is 0 Å². The second kappa shape index (κ2) is 8.53. The molecule has 1 aromatic rings. The van der Waals surface area contributed by atoms with Crippen LogP contribution in [-0.4, -0.2) is 37.8 Å². The van der Waals surface area contributed by atoms with E-state index in [1.54, 1.807) is 6.92 Å². The average Bonchev–Trinajstić information content (AvgIpc) is 3.02. The predicted octanol–water partition coefficient (Wildman–Crippen LogP) is 4.15. The molecule has 4 saturated carbocycles. The number of nitro benzene ring substituents is 1. The van der Waals surface area contributed by atoms with Crippen LogP contribution in [0.4, 0.5) is 5.69 Å². The van der Waals surface area contributed by atoms with Gasteiger partial charge in [0.1, 0.15) is 0 Å². The molecular weight excluding hydrogens is 478 g/mol. The Kier molecular flexibility index (Phi) is 5.79. The fraction of sp³-hybridized carbons (Fsp3) is 0.522. The van der Waals surface area contributed by atoms with Crippen LogP contribution in [0.1, 0.15) is 51.0 Å². The quantitative estimate of drug-likeness (QED) is 0.257. The van der Waals surface area contributed by atoms with Gasteiger partial charge in [0.05, 0.1) is 21.9 Å². The van der Waals surface area contributed by atoms with Crippen LogP contribution in [0.15, 0.2) is 17.0 Å². The van der Waals surface area contributed by atoms with Crippen LogP contribution in [0, 0.1) is 33.3 Å². The second-order valence-corrected chi connectivity index (χ2v) is 11.4. The minimum absolute atomic E-state index is 0.0476. The summed E-state index contributed by atoms with van der Waals surface area (Å²) in [4.78, 5) is 37.3. The van der Waals surface area contributed by atoms with Gasteiger partial charge in [-0.1, -0.05) is 11.8 Å². The highest BCUT2D eigenvalue weighted by molar-refractivity contribution is 8.26. The molecule has 1 saturated heterocycles. The van der Waals surface area contributed by atoms with Gasteiger partial charge in [-0.2, -0.15) is 5.01 Å². The summed E-state index contributed by atoms with van der Waals surface area (Å²) >= 11 is 6.38. The summed E-state index contributed by atoms with van der Waals surface area (Å²) in [7, 11) is 0. The Morgan fingerprint density at radius 3 is 2.50 bits per heavy atom. The minimum Gasteiger partial charge on any atom is -0.500 e. The molecule has 4 aliphatic carbocycles. The molecule has 0 atom stereocenters. The number of carbonyl (C=O) groups excluding carboxylic acids is 2. The molecule has 9 nitrogen and oxygen atoms in total. The van der Waals surface area contributed by atoms with Gasteiger partial charge in [-0.15, -0.1) is 0 Å². The summed E-state index contributed by atoms with van der Waals surface area (Å²) in [5.41, 5.74) is 2.15. The normalized spacial score (nSPS) is 30.8. The molecule has 5 fully saturated rings. The lowest BCUT2D eigenvalue weighted by molar-refractivity contribution is -0.386. The number of hydrogen-bond donors (Lipinski definition) is 2. The summed E-state index contributed by atoms with van der Waals surface area (Å²) in [6, 6.07) is 2.59. The fourth-order valence-corrected chi connectivity index (χ4v) is 7.61. The number of ether oxygens (including phenoxy) is 1. The molecule has 0 spiro atoms. The lowest BCUT2D eigenvalue weighted by atomic mass is 9.49. The predicted molar refractivity (Wildman–Crippen MR) is 130 cm³/mol. The van der Waals surface area contributed by atoms with Gasteiger partial charge in [-0.05, 0) is 93.1 Å². The number of rotatable bonds is 6. The number of hydrogen-bond acceptors (Lipinski definition) is 8. The number of nitrogens with zero attached hydrogens (tertiary/aromatic N) is 2. The van der Waals surface area contributed by atoms with Crippen LogP contribution < -0.4 is 10.2 Å². The number of benzene rings is 1. The van der Waals surface area contributed by atoms with E-state index in [2.05, 4.69) is 5.43 Å². The number of phenolic OH excluding ortho intramolecular Hbond substituents is 1. The number of phenols is 1. The molecule has 34 heavy (non-hydrogen) atoms. The Hall–Kier alpha value is -2.66. The third kappa shape index (κ3) is 3.94. The van der Waals surface area contributed by atoms with Crippen molar-refractivity contribution in [2.75, 3.05) is 6.61 Å². The Bertz CT molecular complexity index is 1100. The number of amides is 2. The van der Waals surface area contributed by atoms with Gasteiger partial charge in [-0.3, -0.25) is 25.1 Å². The van der Waals surface area contributed by atoms with E-state index >= 15 is 0 Å². The Morgan fingerprint density at radius 2 is 1.94 bits per heavy atom. The van der Waals surface area contributed by atoms with Gasteiger partial charge < -0.3 is 9.84 Å². The van der Waals surface area contributed by atoms with Crippen molar-refractivity contribution in [1.82, 2.24) is 10.4 Å². The molecular formula is C23H25N3O6S2. The minimum atomic E-state index is -0.716. The lowest BCUT2D eigenvalue weighted by Crippen LogP contribution is -2.57. The summed E-state index contributed by atoms with van der Waals surface area (Å²) in [5, 5.41) is 22.5.